The van der Waals surface area contributed by atoms with Crippen LogP contribution in [-0.2, 0) is 5.88 Å². The number of fused-ring (bicyclic) bond motifs is 1. The highest BCUT2D eigenvalue weighted by molar-refractivity contribution is 6.16. The molecule has 2 unspecified atom stereocenters. The Kier molecular flexibility index (Phi) is 3.53. The zero-order chi connectivity index (χ0) is 13.4. The molecular weight excluding hydrogens is 256 g/mol. The second-order valence-corrected chi connectivity index (χ2v) is 6.07. The van der Waals surface area contributed by atoms with E-state index in [9.17, 15) is 0 Å². The van der Waals surface area contributed by atoms with Gasteiger partial charge in [-0.3, -0.25) is 0 Å². The number of aryl methyl sites for hydroxylation is 1. The van der Waals surface area contributed by atoms with Crippen molar-refractivity contribution in [2.24, 2.45) is 5.92 Å². The van der Waals surface area contributed by atoms with Gasteiger partial charge in [0.05, 0.1) is 16.9 Å². The number of halogens is 1. The van der Waals surface area contributed by atoms with Crippen LogP contribution in [0.3, 0.4) is 0 Å². The molecule has 102 valence electrons. The predicted molar refractivity (Wildman–Crippen MR) is 80.7 cm³/mol. The summed E-state index contributed by atoms with van der Waals surface area (Å²) in [5.41, 5.74) is 3.62. The summed E-state index contributed by atoms with van der Waals surface area (Å²) in [4.78, 5) is 4.77. The largest absolute Gasteiger partial charge is 0.324 e. The van der Waals surface area contributed by atoms with Crippen LogP contribution in [0, 0.1) is 12.8 Å². The second kappa shape index (κ2) is 5.16. The van der Waals surface area contributed by atoms with Crippen molar-refractivity contribution in [2.75, 3.05) is 0 Å². The minimum absolute atomic E-state index is 0.497. The van der Waals surface area contributed by atoms with Crippen LogP contribution in [0.5, 0.6) is 0 Å². The molecule has 3 rings (SSSR count). The van der Waals surface area contributed by atoms with Crippen molar-refractivity contribution in [1.82, 2.24) is 9.55 Å². The van der Waals surface area contributed by atoms with Crippen molar-refractivity contribution in [2.45, 2.75) is 51.5 Å². The van der Waals surface area contributed by atoms with E-state index in [4.69, 9.17) is 16.6 Å². The van der Waals surface area contributed by atoms with Gasteiger partial charge in [0.15, 0.2) is 0 Å². The summed E-state index contributed by atoms with van der Waals surface area (Å²) >= 11 is 6.14. The van der Waals surface area contributed by atoms with Gasteiger partial charge in [-0.05, 0) is 37.3 Å². The maximum atomic E-state index is 6.14. The van der Waals surface area contributed by atoms with Crippen LogP contribution < -0.4 is 0 Å². The molecule has 0 amide bonds. The monoisotopic (exact) mass is 276 g/mol. The maximum absolute atomic E-state index is 6.14. The molecule has 3 heteroatoms. The van der Waals surface area contributed by atoms with Crippen LogP contribution in [0.15, 0.2) is 18.2 Å². The van der Waals surface area contributed by atoms with E-state index in [0.717, 1.165) is 11.3 Å². The fourth-order valence-corrected chi connectivity index (χ4v) is 3.64. The van der Waals surface area contributed by atoms with Crippen LogP contribution in [0.2, 0.25) is 0 Å². The zero-order valence-electron chi connectivity index (χ0n) is 11.7. The third-order valence-corrected chi connectivity index (χ3v) is 4.75. The van der Waals surface area contributed by atoms with E-state index in [1.165, 1.54) is 36.8 Å². The number of aromatic nitrogens is 2. The van der Waals surface area contributed by atoms with Crippen molar-refractivity contribution in [3.63, 3.8) is 0 Å². The van der Waals surface area contributed by atoms with E-state index in [2.05, 4.69) is 36.6 Å². The molecule has 0 spiro atoms. The van der Waals surface area contributed by atoms with Gasteiger partial charge in [-0.2, -0.15) is 0 Å². The molecule has 1 aromatic heterocycles. The molecule has 1 heterocycles. The van der Waals surface area contributed by atoms with Crippen LogP contribution in [0.4, 0.5) is 0 Å². The third kappa shape index (κ3) is 2.16. The fourth-order valence-electron chi connectivity index (χ4n) is 3.45. The topological polar surface area (TPSA) is 17.8 Å². The Morgan fingerprint density at radius 1 is 1.32 bits per heavy atom. The molecule has 2 nitrogen and oxygen atoms in total. The molecule has 2 atom stereocenters. The van der Waals surface area contributed by atoms with E-state index in [-0.39, 0.29) is 0 Å². The van der Waals surface area contributed by atoms with E-state index >= 15 is 0 Å². The standard InChI is InChI=1S/C16H21ClN2/c1-11-6-3-4-8-13(11)19-14-9-5-7-12(2)16(14)18-15(19)10-17/h5,7,9,11,13H,3-4,6,8,10H2,1-2H3. The highest BCUT2D eigenvalue weighted by atomic mass is 35.5. The number of alkyl halides is 1. The smallest absolute Gasteiger partial charge is 0.125 e. The van der Waals surface area contributed by atoms with Gasteiger partial charge in [0.1, 0.15) is 5.82 Å². The molecule has 19 heavy (non-hydrogen) atoms. The first kappa shape index (κ1) is 13.0. The van der Waals surface area contributed by atoms with E-state index < -0.39 is 0 Å². The van der Waals surface area contributed by atoms with Crippen LogP contribution in [-0.4, -0.2) is 9.55 Å². The predicted octanol–water partition coefficient (Wildman–Crippen LogP) is 4.83. The van der Waals surface area contributed by atoms with Gasteiger partial charge in [0.2, 0.25) is 0 Å². The average Bonchev–Trinajstić information content (AvgIpc) is 2.79. The molecule has 1 aromatic carbocycles. The average molecular weight is 277 g/mol. The molecule has 1 aliphatic rings. The highest BCUT2D eigenvalue weighted by Gasteiger charge is 2.26. The van der Waals surface area contributed by atoms with Crippen LogP contribution in [0.1, 0.15) is 50.0 Å². The molecule has 0 saturated heterocycles. The van der Waals surface area contributed by atoms with E-state index in [1.54, 1.807) is 0 Å². The summed E-state index contributed by atoms with van der Waals surface area (Å²) in [6.45, 7) is 4.49. The Labute approximate surface area is 119 Å². The third-order valence-electron chi connectivity index (χ3n) is 4.51. The molecule has 0 N–H and O–H groups in total. The van der Waals surface area contributed by atoms with Crippen molar-refractivity contribution in [3.8, 4) is 0 Å². The molecule has 1 fully saturated rings. The molecule has 1 saturated carbocycles. The van der Waals surface area contributed by atoms with Crippen LogP contribution in [0.25, 0.3) is 11.0 Å². The lowest BCUT2D eigenvalue weighted by atomic mass is 9.85. The van der Waals surface area contributed by atoms with Crippen molar-refractivity contribution < 1.29 is 0 Å². The molecule has 2 aromatic rings. The molecule has 0 bridgehead atoms. The summed E-state index contributed by atoms with van der Waals surface area (Å²) < 4.78 is 2.42. The van der Waals surface area contributed by atoms with Gasteiger partial charge in [0, 0.05) is 6.04 Å². The summed E-state index contributed by atoms with van der Waals surface area (Å²) in [5, 5.41) is 0. The van der Waals surface area contributed by atoms with Gasteiger partial charge >= 0.3 is 0 Å². The number of benzene rings is 1. The zero-order valence-corrected chi connectivity index (χ0v) is 12.5. The summed E-state index contributed by atoms with van der Waals surface area (Å²) in [7, 11) is 0. The normalized spacial score (nSPS) is 23.9. The van der Waals surface area contributed by atoms with Gasteiger partial charge < -0.3 is 4.57 Å². The SMILES string of the molecule is Cc1cccc2c1nc(CCl)n2C1CCCCC1C. The number of hydrogen-bond donors (Lipinski definition) is 0. The lowest BCUT2D eigenvalue weighted by Gasteiger charge is -2.31. The quantitative estimate of drug-likeness (QED) is 0.718. The minimum Gasteiger partial charge on any atom is -0.324 e. The first-order chi connectivity index (χ1) is 9.22. The van der Waals surface area contributed by atoms with Gasteiger partial charge in [-0.1, -0.05) is 31.9 Å². The molecule has 0 aliphatic heterocycles. The molecular formula is C16H21ClN2. The number of hydrogen-bond acceptors (Lipinski definition) is 1. The molecule has 1 aliphatic carbocycles. The van der Waals surface area contributed by atoms with Crippen molar-refractivity contribution in [3.05, 3.63) is 29.6 Å². The molecule has 0 radical (unpaired) electrons. The van der Waals surface area contributed by atoms with Gasteiger partial charge in [0.25, 0.3) is 0 Å². The number of rotatable bonds is 2. The summed E-state index contributed by atoms with van der Waals surface area (Å²) in [6, 6.07) is 7.00. The van der Waals surface area contributed by atoms with E-state index in [0.29, 0.717) is 17.8 Å². The van der Waals surface area contributed by atoms with Gasteiger partial charge in [-0.15, -0.1) is 11.6 Å². The van der Waals surface area contributed by atoms with Crippen LogP contribution >= 0.6 is 11.6 Å². The Bertz CT molecular complexity index is 588. The van der Waals surface area contributed by atoms with Crippen molar-refractivity contribution >= 4 is 22.6 Å². The Morgan fingerprint density at radius 3 is 2.84 bits per heavy atom. The first-order valence-electron chi connectivity index (χ1n) is 7.24. The summed E-state index contributed by atoms with van der Waals surface area (Å²) in [5.74, 6) is 2.25. The highest BCUT2D eigenvalue weighted by Crippen LogP contribution is 2.37. The maximum Gasteiger partial charge on any atom is 0.125 e. The number of imidazole rings is 1. The Balaban J connectivity index is 2.18. The number of nitrogens with zero attached hydrogens (tertiary/aromatic N) is 2. The second-order valence-electron chi connectivity index (χ2n) is 5.80. The first-order valence-corrected chi connectivity index (χ1v) is 7.78. The minimum atomic E-state index is 0.497. The van der Waals surface area contributed by atoms with E-state index in [1.807, 2.05) is 0 Å². The Morgan fingerprint density at radius 2 is 2.11 bits per heavy atom. The fraction of sp³-hybridized carbons (Fsp3) is 0.562. The number of para-hydroxylation sites is 1. The lowest BCUT2D eigenvalue weighted by molar-refractivity contribution is 0.258. The van der Waals surface area contributed by atoms with Gasteiger partial charge in [-0.25, -0.2) is 4.98 Å². The van der Waals surface area contributed by atoms with Crippen molar-refractivity contribution in [1.29, 1.82) is 0 Å². The summed E-state index contributed by atoms with van der Waals surface area (Å²) in [6.07, 6.45) is 5.25. The lowest BCUT2D eigenvalue weighted by Crippen LogP contribution is -2.22. The Hall–Kier alpha value is -1.02.